The Labute approximate surface area is 152 Å². The second-order valence-corrected chi connectivity index (χ2v) is 7.06. The van der Waals surface area contributed by atoms with Gasteiger partial charge < -0.3 is 10.1 Å². The molecule has 0 aliphatic heterocycles. The highest BCUT2D eigenvalue weighted by molar-refractivity contribution is 7.92. The van der Waals surface area contributed by atoms with Crippen molar-refractivity contribution in [1.82, 2.24) is 0 Å². The van der Waals surface area contributed by atoms with E-state index in [0.29, 0.717) is 16.8 Å². The summed E-state index contributed by atoms with van der Waals surface area (Å²) in [6, 6.07) is 13.5. The summed E-state index contributed by atoms with van der Waals surface area (Å²) in [5.41, 5.74) is 1.81. The summed E-state index contributed by atoms with van der Waals surface area (Å²) in [5.74, 6) is -0.129. The lowest BCUT2D eigenvalue weighted by Crippen LogP contribution is -2.11. The van der Waals surface area contributed by atoms with Crippen LogP contribution in [0.4, 0.5) is 11.4 Å². The van der Waals surface area contributed by atoms with Crippen LogP contribution in [-0.4, -0.2) is 27.7 Å². The lowest BCUT2D eigenvalue weighted by molar-refractivity contribution is -0.111. The smallest absolute Gasteiger partial charge is 0.248 e. The largest absolute Gasteiger partial charge is 0.494 e. The zero-order valence-corrected chi connectivity index (χ0v) is 15.0. The average molecular weight is 371 g/mol. The minimum absolute atomic E-state index is 0.270. The molecule has 7 nitrogen and oxygen atoms in total. The number of ether oxygens (including phenoxy) is 1. The summed E-state index contributed by atoms with van der Waals surface area (Å²) in [6.07, 6.45) is 3.89. The Morgan fingerprint density at radius 3 is 2.62 bits per heavy atom. The van der Waals surface area contributed by atoms with Crippen LogP contribution in [0.25, 0.3) is 6.08 Å². The second kappa shape index (κ2) is 8.18. The Kier molecular flexibility index (Phi) is 5.98. The number of carbonyl (C=O) groups is 1. The van der Waals surface area contributed by atoms with Crippen LogP contribution in [0.5, 0.6) is 5.75 Å². The topological polar surface area (TPSA) is 108 Å². The number of benzene rings is 2. The van der Waals surface area contributed by atoms with Gasteiger partial charge in [-0.15, -0.1) is 0 Å². The van der Waals surface area contributed by atoms with Crippen LogP contribution >= 0.6 is 0 Å². The molecular formula is C18H17N3O4S. The van der Waals surface area contributed by atoms with Crippen molar-refractivity contribution in [3.63, 3.8) is 0 Å². The molecule has 0 fully saturated rings. The van der Waals surface area contributed by atoms with Crippen LogP contribution in [0.3, 0.4) is 0 Å². The number of nitrogens with zero attached hydrogens (tertiary/aromatic N) is 1. The Hall–Kier alpha value is -3.31. The number of nitriles is 1. The maximum absolute atomic E-state index is 12.1. The molecule has 0 aliphatic carbocycles. The van der Waals surface area contributed by atoms with Crippen molar-refractivity contribution < 1.29 is 17.9 Å². The number of hydrogen-bond donors (Lipinski definition) is 2. The molecular weight excluding hydrogens is 354 g/mol. The number of sulfonamides is 1. The molecule has 2 aromatic carbocycles. The van der Waals surface area contributed by atoms with Gasteiger partial charge in [0.2, 0.25) is 15.9 Å². The maximum atomic E-state index is 12.1. The molecule has 1 amide bonds. The minimum atomic E-state index is -3.45. The van der Waals surface area contributed by atoms with Crippen LogP contribution in [0.1, 0.15) is 11.1 Å². The van der Waals surface area contributed by atoms with Crippen molar-refractivity contribution >= 4 is 33.4 Å². The fraction of sp³-hybridized carbons (Fsp3) is 0.111. The minimum Gasteiger partial charge on any atom is -0.494 e. The summed E-state index contributed by atoms with van der Waals surface area (Å²) in [6.45, 7) is 0. The van der Waals surface area contributed by atoms with E-state index in [1.807, 2.05) is 0 Å². The quantitative estimate of drug-likeness (QED) is 0.759. The van der Waals surface area contributed by atoms with E-state index in [-0.39, 0.29) is 11.4 Å². The van der Waals surface area contributed by atoms with Crippen molar-refractivity contribution in [3.8, 4) is 11.8 Å². The van der Waals surface area contributed by atoms with Crippen molar-refractivity contribution in [2.24, 2.45) is 0 Å². The monoisotopic (exact) mass is 371 g/mol. The van der Waals surface area contributed by atoms with Crippen molar-refractivity contribution in [1.29, 1.82) is 5.26 Å². The van der Waals surface area contributed by atoms with Gasteiger partial charge in [0, 0.05) is 17.8 Å². The van der Waals surface area contributed by atoms with Gasteiger partial charge in [0.25, 0.3) is 0 Å². The van der Waals surface area contributed by atoms with Crippen molar-refractivity contribution in [2.45, 2.75) is 0 Å². The molecule has 0 atom stereocenters. The number of amides is 1. The molecule has 0 spiro atoms. The van der Waals surface area contributed by atoms with Gasteiger partial charge >= 0.3 is 0 Å². The lowest BCUT2D eigenvalue weighted by atomic mass is 10.1. The van der Waals surface area contributed by atoms with Gasteiger partial charge in [-0.3, -0.25) is 9.52 Å². The zero-order valence-electron chi connectivity index (χ0n) is 14.2. The van der Waals surface area contributed by atoms with Gasteiger partial charge in [-0.2, -0.15) is 5.26 Å². The van der Waals surface area contributed by atoms with Gasteiger partial charge in [-0.25, -0.2) is 8.42 Å². The highest BCUT2D eigenvalue weighted by Crippen LogP contribution is 2.28. The van der Waals surface area contributed by atoms with Gasteiger partial charge in [0.1, 0.15) is 5.75 Å². The first-order valence-corrected chi connectivity index (χ1v) is 9.35. The van der Waals surface area contributed by atoms with Gasteiger partial charge in [0.15, 0.2) is 0 Å². The average Bonchev–Trinajstić information content (AvgIpc) is 2.60. The van der Waals surface area contributed by atoms with Crippen LogP contribution in [-0.2, 0) is 14.8 Å². The number of hydrogen-bond acceptors (Lipinski definition) is 5. The number of nitrogens with one attached hydrogen (secondary N) is 2. The fourth-order valence-corrected chi connectivity index (χ4v) is 2.71. The third-order valence-corrected chi connectivity index (χ3v) is 3.85. The number of rotatable bonds is 6. The summed E-state index contributed by atoms with van der Waals surface area (Å²) in [5, 5.41) is 11.7. The summed E-state index contributed by atoms with van der Waals surface area (Å²) < 4.78 is 30.1. The van der Waals surface area contributed by atoms with Gasteiger partial charge in [0.05, 0.1) is 30.7 Å². The van der Waals surface area contributed by atoms with E-state index in [0.717, 1.165) is 6.26 Å². The summed E-state index contributed by atoms with van der Waals surface area (Å²) in [4.78, 5) is 12.1. The predicted molar refractivity (Wildman–Crippen MR) is 100 cm³/mol. The molecule has 0 saturated heterocycles. The molecule has 2 aromatic rings. The normalized spacial score (nSPS) is 11.0. The summed E-state index contributed by atoms with van der Waals surface area (Å²) in [7, 11) is -2.05. The van der Waals surface area contributed by atoms with Crippen molar-refractivity contribution in [3.05, 3.63) is 59.7 Å². The van der Waals surface area contributed by atoms with E-state index >= 15 is 0 Å². The highest BCUT2D eigenvalue weighted by atomic mass is 32.2. The first kappa shape index (κ1) is 19.0. The van der Waals surface area contributed by atoms with Crippen molar-refractivity contribution in [2.75, 3.05) is 23.4 Å². The molecule has 0 aliphatic rings. The van der Waals surface area contributed by atoms with E-state index in [2.05, 4.69) is 16.1 Å². The molecule has 26 heavy (non-hydrogen) atoms. The van der Waals surface area contributed by atoms with Crippen LogP contribution in [0, 0.1) is 11.3 Å². The molecule has 8 heteroatoms. The molecule has 0 unspecified atom stereocenters. The molecule has 134 valence electrons. The fourth-order valence-electron chi connectivity index (χ4n) is 2.15. The molecule has 0 aromatic heterocycles. The number of anilines is 2. The first-order valence-electron chi connectivity index (χ1n) is 7.46. The standard InChI is InChI=1S/C18H17N3O4S/c1-25-17-11-15(8-9-16(17)21-26(2,23)24)20-18(22)10-7-13-5-3-4-6-14(13)12-19/h3-11,21H,1-2H3,(H,20,22)/b10-7+. The third kappa shape index (κ3) is 5.36. The van der Waals surface area contributed by atoms with E-state index in [1.165, 1.54) is 25.3 Å². The molecule has 2 N–H and O–H groups in total. The SMILES string of the molecule is COc1cc(NC(=O)/C=C/c2ccccc2C#N)ccc1NS(C)(=O)=O. The Balaban J connectivity index is 2.14. The van der Waals surface area contributed by atoms with E-state index in [1.54, 1.807) is 36.4 Å². The number of methoxy groups -OCH3 is 1. The van der Waals surface area contributed by atoms with E-state index in [9.17, 15) is 13.2 Å². The molecule has 0 bridgehead atoms. The Bertz CT molecular complexity index is 992. The van der Waals surface area contributed by atoms with Crippen LogP contribution in [0.2, 0.25) is 0 Å². The summed E-state index contributed by atoms with van der Waals surface area (Å²) >= 11 is 0. The van der Waals surface area contributed by atoms with Gasteiger partial charge in [-0.05, 0) is 29.8 Å². The molecule has 0 radical (unpaired) electrons. The van der Waals surface area contributed by atoms with Crippen LogP contribution < -0.4 is 14.8 Å². The zero-order chi connectivity index (χ0) is 19.2. The molecule has 2 rings (SSSR count). The lowest BCUT2D eigenvalue weighted by Gasteiger charge is -2.11. The highest BCUT2D eigenvalue weighted by Gasteiger charge is 2.10. The molecule has 0 heterocycles. The van der Waals surface area contributed by atoms with E-state index < -0.39 is 15.9 Å². The first-order chi connectivity index (χ1) is 12.3. The Morgan fingerprint density at radius 2 is 1.96 bits per heavy atom. The van der Waals surface area contributed by atoms with Crippen LogP contribution in [0.15, 0.2) is 48.5 Å². The molecule has 0 saturated carbocycles. The second-order valence-electron chi connectivity index (χ2n) is 5.31. The van der Waals surface area contributed by atoms with E-state index in [4.69, 9.17) is 10.00 Å². The number of carbonyl (C=O) groups excluding carboxylic acids is 1. The van der Waals surface area contributed by atoms with Gasteiger partial charge in [-0.1, -0.05) is 18.2 Å². The third-order valence-electron chi connectivity index (χ3n) is 3.26. The Morgan fingerprint density at radius 1 is 1.23 bits per heavy atom. The maximum Gasteiger partial charge on any atom is 0.248 e. The predicted octanol–water partition coefficient (Wildman–Crippen LogP) is 2.59.